The number of hydrogen-bond acceptors (Lipinski definition) is 5. The molecule has 0 spiro atoms. The van der Waals surface area contributed by atoms with Gasteiger partial charge in [-0.1, -0.05) is 44.2 Å². The predicted octanol–water partition coefficient (Wildman–Crippen LogP) is 3.70. The van der Waals surface area contributed by atoms with Gasteiger partial charge in [0.25, 0.3) is 0 Å². The lowest BCUT2D eigenvalue weighted by molar-refractivity contribution is -0.140. The van der Waals surface area contributed by atoms with Crippen LogP contribution in [0.25, 0.3) is 0 Å². The van der Waals surface area contributed by atoms with Crippen molar-refractivity contribution in [2.45, 2.75) is 50.7 Å². The maximum atomic E-state index is 13.3. The second kappa shape index (κ2) is 10.5. The Kier molecular flexibility index (Phi) is 7.37. The van der Waals surface area contributed by atoms with E-state index in [-0.39, 0.29) is 29.2 Å². The largest absolute Gasteiger partial charge is 0.468 e. The monoisotopic (exact) mass is 495 g/mol. The molecule has 35 heavy (non-hydrogen) atoms. The van der Waals surface area contributed by atoms with E-state index in [0.717, 1.165) is 11.1 Å². The van der Waals surface area contributed by atoms with E-state index in [1.165, 1.54) is 18.4 Å². The molecule has 2 N–H and O–H groups in total. The summed E-state index contributed by atoms with van der Waals surface area (Å²) in [5.41, 5.74) is 2.40. The molecule has 0 bridgehead atoms. The zero-order chi connectivity index (χ0) is 25.0. The van der Waals surface area contributed by atoms with Gasteiger partial charge in [0, 0.05) is 25.1 Å². The lowest BCUT2D eigenvalue weighted by Gasteiger charge is -2.36. The Labute approximate surface area is 205 Å². The number of fused-ring (bicyclic) bond motifs is 1. The molecule has 0 saturated carbocycles. The van der Waals surface area contributed by atoms with E-state index in [1.807, 2.05) is 38.1 Å². The molecule has 0 saturated heterocycles. The van der Waals surface area contributed by atoms with Crippen molar-refractivity contribution in [3.8, 4) is 0 Å². The van der Waals surface area contributed by atoms with E-state index >= 15 is 0 Å². The number of nitrogens with one attached hydrogen (secondary N) is 2. The van der Waals surface area contributed by atoms with Gasteiger partial charge in [0.2, 0.25) is 21.8 Å². The number of anilines is 1. The fourth-order valence-electron chi connectivity index (χ4n) is 4.12. The molecule has 1 aliphatic rings. The van der Waals surface area contributed by atoms with E-state index in [0.29, 0.717) is 30.8 Å². The molecule has 9 heteroatoms. The second-order valence-electron chi connectivity index (χ2n) is 9.03. The lowest BCUT2D eigenvalue weighted by atomic mass is 9.92. The number of benzene rings is 2. The molecule has 0 fully saturated rings. The summed E-state index contributed by atoms with van der Waals surface area (Å²) in [6, 6.07) is 16.5. The van der Waals surface area contributed by atoms with Gasteiger partial charge >= 0.3 is 0 Å². The van der Waals surface area contributed by atoms with Crippen LogP contribution in [0.1, 0.15) is 37.2 Å². The molecule has 1 unspecified atom stereocenters. The first-order valence-corrected chi connectivity index (χ1v) is 13.0. The molecule has 0 radical (unpaired) electrons. The van der Waals surface area contributed by atoms with Crippen molar-refractivity contribution in [2.75, 3.05) is 5.32 Å². The van der Waals surface area contributed by atoms with Gasteiger partial charge in [-0.15, -0.1) is 0 Å². The molecule has 1 atom stereocenters. The Morgan fingerprint density at radius 3 is 2.54 bits per heavy atom. The van der Waals surface area contributed by atoms with Crippen LogP contribution in [-0.4, -0.2) is 31.2 Å². The average molecular weight is 496 g/mol. The van der Waals surface area contributed by atoms with Crippen molar-refractivity contribution in [1.82, 2.24) is 9.62 Å². The molecular weight excluding hydrogens is 466 g/mol. The van der Waals surface area contributed by atoms with E-state index in [4.69, 9.17) is 4.42 Å². The molecule has 3 aromatic rings. The maximum Gasteiger partial charge on any atom is 0.247 e. The van der Waals surface area contributed by atoms with Crippen molar-refractivity contribution in [1.29, 1.82) is 0 Å². The zero-order valence-electron chi connectivity index (χ0n) is 19.7. The molecule has 1 aromatic heterocycles. The second-order valence-corrected chi connectivity index (χ2v) is 10.8. The zero-order valence-corrected chi connectivity index (χ0v) is 20.5. The lowest BCUT2D eigenvalue weighted by Crippen LogP contribution is -2.50. The van der Waals surface area contributed by atoms with Gasteiger partial charge in [-0.25, -0.2) is 13.1 Å². The Bertz CT molecular complexity index is 1300. The fourth-order valence-corrected chi connectivity index (χ4v) is 5.15. The highest BCUT2D eigenvalue weighted by Gasteiger charge is 2.34. The highest BCUT2D eigenvalue weighted by Crippen LogP contribution is 2.26. The van der Waals surface area contributed by atoms with Crippen LogP contribution in [0, 0.1) is 5.92 Å². The minimum Gasteiger partial charge on any atom is -0.468 e. The number of hydrogen-bond donors (Lipinski definition) is 2. The summed E-state index contributed by atoms with van der Waals surface area (Å²) >= 11 is 0. The van der Waals surface area contributed by atoms with Crippen LogP contribution in [-0.2, 0) is 39.1 Å². The minimum atomic E-state index is -3.82. The van der Waals surface area contributed by atoms with Crippen molar-refractivity contribution in [3.05, 3.63) is 83.8 Å². The molecule has 8 nitrogen and oxygen atoms in total. The van der Waals surface area contributed by atoms with Gasteiger partial charge in [-0.2, -0.15) is 0 Å². The van der Waals surface area contributed by atoms with Crippen LogP contribution in [0.5, 0.6) is 0 Å². The van der Waals surface area contributed by atoms with Crippen LogP contribution in [0.2, 0.25) is 0 Å². The minimum absolute atomic E-state index is 0.0142. The van der Waals surface area contributed by atoms with Crippen LogP contribution in [0.3, 0.4) is 0 Å². The molecule has 1 aliphatic heterocycles. The summed E-state index contributed by atoms with van der Waals surface area (Å²) in [7, 11) is -3.82. The normalized spacial score (nSPS) is 15.6. The highest BCUT2D eigenvalue weighted by atomic mass is 32.2. The summed E-state index contributed by atoms with van der Waals surface area (Å²) in [6.45, 7) is 4.32. The molecule has 0 aliphatic carbocycles. The van der Waals surface area contributed by atoms with Crippen LogP contribution >= 0.6 is 0 Å². The van der Waals surface area contributed by atoms with Gasteiger partial charge in [0.1, 0.15) is 11.8 Å². The number of carbonyl (C=O) groups excluding carboxylic acids is 2. The number of amides is 2. The summed E-state index contributed by atoms with van der Waals surface area (Å²) in [5.74, 6) is 0.225. The molecule has 184 valence electrons. The highest BCUT2D eigenvalue weighted by molar-refractivity contribution is 7.89. The quantitative estimate of drug-likeness (QED) is 0.495. The van der Waals surface area contributed by atoms with Gasteiger partial charge in [0.05, 0.1) is 17.7 Å². The first kappa shape index (κ1) is 24.7. The van der Waals surface area contributed by atoms with E-state index in [1.54, 1.807) is 29.2 Å². The van der Waals surface area contributed by atoms with Crippen molar-refractivity contribution in [3.63, 3.8) is 0 Å². The topological polar surface area (TPSA) is 109 Å². The molecular formula is C26H29N3O5S. The van der Waals surface area contributed by atoms with Crippen LogP contribution in [0.15, 0.2) is 76.2 Å². The molecule has 4 rings (SSSR count). The smallest absolute Gasteiger partial charge is 0.247 e. The van der Waals surface area contributed by atoms with E-state index in [9.17, 15) is 18.0 Å². The number of carbonyl (C=O) groups is 2. The fraction of sp³-hybridized carbons (Fsp3) is 0.308. The third-order valence-electron chi connectivity index (χ3n) is 5.88. The number of nitrogens with zero attached hydrogens (tertiary/aromatic N) is 1. The standard InChI is InChI=1S/C26H29N3O5S/c1-18(2)13-25(30)29-17-20-8-4-3-7-19(20)14-24(29)26(31)28-21-9-5-11-23(15-21)35(32,33)27-16-22-10-6-12-34-22/h3-12,15,18,24,27H,13-14,16-17H2,1-2H3,(H,28,31). The van der Waals surface area contributed by atoms with E-state index < -0.39 is 16.1 Å². The molecule has 2 amide bonds. The number of furan rings is 1. The van der Waals surface area contributed by atoms with E-state index in [2.05, 4.69) is 10.0 Å². The third-order valence-corrected chi connectivity index (χ3v) is 7.28. The van der Waals surface area contributed by atoms with Gasteiger partial charge in [-0.3, -0.25) is 9.59 Å². The Balaban J connectivity index is 1.52. The Morgan fingerprint density at radius 1 is 1.06 bits per heavy atom. The Morgan fingerprint density at radius 2 is 1.83 bits per heavy atom. The number of sulfonamides is 1. The van der Waals surface area contributed by atoms with Crippen LogP contribution < -0.4 is 10.0 Å². The number of rotatable bonds is 8. The maximum absolute atomic E-state index is 13.3. The Hall–Kier alpha value is -3.43. The third kappa shape index (κ3) is 5.98. The van der Waals surface area contributed by atoms with Crippen molar-refractivity contribution >= 4 is 27.5 Å². The molecule has 2 aromatic carbocycles. The van der Waals surface area contributed by atoms with Crippen molar-refractivity contribution < 1.29 is 22.4 Å². The first-order valence-electron chi connectivity index (χ1n) is 11.5. The van der Waals surface area contributed by atoms with Crippen LogP contribution in [0.4, 0.5) is 5.69 Å². The van der Waals surface area contributed by atoms with Crippen molar-refractivity contribution in [2.24, 2.45) is 5.92 Å². The summed E-state index contributed by atoms with van der Waals surface area (Å²) in [4.78, 5) is 28.0. The first-order chi connectivity index (χ1) is 16.7. The summed E-state index contributed by atoms with van der Waals surface area (Å²) in [5, 5.41) is 2.82. The molecule has 2 heterocycles. The van der Waals surface area contributed by atoms with Gasteiger partial charge < -0.3 is 14.6 Å². The summed E-state index contributed by atoms with van der Waals surface area (Å²) < 4.78 is 33.1. The SMILES string of the molecule is CC(C)CC(=O)N1Cc2ccccc2CC1C(=O)Nc1cccc(S(=O)(=O)NCc2ccco2)c1. The predicted molar refractivity (Wildman–Crippen MR) is 132 cm³/mol. The van der Waals surface area contributed by atoms with Gasteiger partial charge in [-0.05, 0) is 47.4 Å². The summed E-state index contributed by atoms with van der Waals surface area (Å²) in [6.07, 6.45) is 2.22. The average Bonchev–Trinajstić information content (AvgIpc) is 3.35. The van der Waals surface area contributed by atoms with Gasteiger partial charge in [0.15, 0.2) is 0 Å².